The van der Waals surface area contributed by atoms with Crippen molar-refractivity contribution < 1.29 is 13.0 Å². The number of rotatable bonds is 4. The van der Waals surface area contributed by atoms with Gasteiger partial charge in [-0.3, -0.25) is 0 Å². The highest BCUT2D eigenvalue weighted by molar-refractivity contribution is 5.81. The molecule has 0 unspecified atom stereocenters. The zero-order valence-corrected chi connectivity index (χ0v) is 9.97. The summed E-state index contributed by atoms with van der Waals surface area (Å²) >= 11 is 0. The van der Waals surface area contributed by atoms with E-state index in [1.807, 2.05) is 35.0 Å². The van der Waals surface area contributed by atoms with Gasteiger partial charge in [-0.05, 0) is 45.1 Å². The number of fused-ring (bicyclic) bond motifs is 1. The van der Waals surface area contributed by atoms with Crippen molar-refractivity contribution in [3.05, 3.63) is 30.5 Å². The third-order valence-corrected chi connectivity index (χ3v) is 2.88. The van der Waals surface area contributed by atoms with Crippen LogP contribution < -0.4 is 4.74 Å². The Hall–Kier alpha value is -1.48. The molecular formula is C14H20N2O. The number of benzene rings is 1. The van der Waals surface area contributed by atoms with Crippen LogP contribution in [0.1, 0.15) is 15.1 Å². The fourth-order valence-electron chi connectivity index (χ4n) is 1.83. The number of likely N-dealkylation sites (N-methyl/N-ethyl adjacent to an activating group) is 1. The van der Waals surface area contributed by atoms with Crippen LogP contribution in [0.15, 0.2) is 30.5 Å². The third kappa shape index (κ3) is 2.44. The molecule has 0 aliphatic carbocycles. The highest BCUT2D eigenvalue weighted by atomic mass is 16.5. The number of nitrogens with zero attached hydrogens (tertiary/aromatic N) is 2. The Bertz CT molecular complexity index is 662. The first-order chi connectivity index (χ1) is 10.5. The smallest absolute Gasteiger partial charge is 0.119 e. The van der Waals surface area contributed by atoms with Gasteiger partial charge in [-0.2, -0.15) is 0 Å². The van der Waals surface area contributed by atoms with Crippen molar-refractivity contribution in [2.75, 3.05) is 21.1 Å². The Morgan fingerprint density at radius 2 is 2.24 bits per heavy atom. The van der Waals surface area contributed by atoms with Crippen molar-refractivity contribution in [1.29, 1.82) is 0 Å². The molecule has 2 rings (SSSR count). The fourth-order valence-corrected chi connectivity index (χ4v) is 1.83. The molecular weight excluding hydrogens is 212 g/mol. The Balaban J connectivity index is 2.30. The summed E-state index contributed by atoms with van der Waals surface area (Å²) in [5.74, 6) is 0.731. The Kier molecular flexibility index (Phi) is 1.82. The normalized spacial score (nSPS) is 19.9. The number of aromatic nitrogens is 1. The second-order valence-corrected chi connectivity index (χ2v) is 4.11. The van der Waals surface area contributed by atoms with Crippen LogP contribution in [0.25, 0.3) is 10.9 Å². The Morgan fingerprint density at radius 3 is 2.94 bits per heavy atom. The van der Waals surface area contributed by atoms with E-state index in [1.54, 1.807) is 14.0 Å². The molecule has 1 atom stereocenters. The summed E-state index contributed by atoms with van der Waals surface area (Å²) in [6.45, 7) is -3.51. The average molecular weight is 238 g/mol. The Morgan fingerprint density at radius 1 is 1.41 bits per heavy atom. The van der Waals surface area contributed by atoms with Gasteiger partial charge in [0, 0.05) is 37.9 Å². The van der Waals surface area contributed by atoms with Crippen LogP contribution in [0.3, 0.4) is 0 Å². The summed E-state index contributed by atoms with van der Waals surface area (Å²) in [5.41, 5.74) is 0.897. The molecule has 0 aliphatic rings. The van der Waals surface area contributed by atoms with Crippen molar-refractivity contribution in [3.8, 4) is 5.75 Å². The summed E-state index contributed by atoms with van der Waals surface area (Å²) in [6, 6.07) is 6.76. The monoisotopic (exact) mass is 238 g/mol. The molecule has 0 radical (unpaired) electrons. The molecule has 0 N–H and O–H groups in total. The first-order valence-corrected chi connectivity index (χ1v) is 5.46. The van der Waals surface area contributed by atoms with Crippen LogP contribution in [-0.2, 0) is 6.54 Å². The van der Waals surface area contributed by atoms with Crippen LogP contribution in [0.2, 0.25) is 0 Å². The zero-order chi connectivity index (χ0) is 17.4. The van der Waals surface area contributed by atoms with E-state index in [0.717, 1.165) is 16.7 Å². The maximum absolute atomic E-state index is 7.49. The van der Waals surface area contributed by atoms with Gasteiger partial charge in [-0.15, -0.1) is 0 Å². The zero-order valence-electron chi connectivity index (χ0n) is 16.0. The van der Waals surface area contributed by atoms with E-state index in [4.69, 9.17) is 13.0 Å². The van der Waals surface area contributed by atoms with E-state index < -0.39 is 20.0 Å². The molecule has 17 heavy (non-hydrogen) atoms. The molecule has 0 saturated carbocycles. The number of ether oxygens (including phenoxy) is 1. The van der Waals surface area contributed by atoms with Crippen molar-refractivity contribution in [2.24, 2.45) is 0 Å². The molecule has 2 aromatic rings. The lowest BCUT2D eigenvalue weighted by Gasteiger charge is -2.20. The molecule has 1 heterocycles. The second kappa shape index (κ2) is 4.80. The molecule has 0 spiro atoms. The molecule has 3 nitrogen and oxygen atoms in total. The van der Waals surface area contributed by atoms with Crippen LogP contribution >= 0.6 is 0 Å². The molecule has 3 heteroatoms. The van der Waals surface area contributed by atoms with Gasteiger partial charge in [0.25, 0.3) is 0 Å². The minimum Gasteiger partial charge on any atom is -0.497 e. The van der Waals surface area contributed by atoms with Crippen molar-refractivity contribution >= 4 is 10.9 Å². The predicted molar refractivity (Wildman–Crippen MR) is 71.6 cm³/mol. The van der Waals surface area contributed by atoms with E-state index in [0.29, 0.717) is 4.90 Å². The summed E-state index contributed by atoms with van der Waals surface area (Å²) < 4.78 is 52.0. The van der Waals surface area contributed by atoms with Gasteiger partial charge >= 0.3 is 0 Å². The first-order valence-electron chi connectivity index (χ1n) is 8.46. The summed E-state index contributed by atoms with van der Waals surface area (Å²) in [6.07, 6.45) is 1.82. The van der Waals surface area contributed by atoms with Crippen LogP contribution in [0.4, 0.5) is 0 Å². The molecule has 1 aromatic carbocycles. The molecule has 0 fully saturated rings. The van der Waals surface area contributed by atoms with Gasteiger partial charge in [-0.1, -0.05) is 0 Å². The molecule has 0 bridgehead atoms. The maximum atomic E-state index is 7.49. The molecule has 0 aliphatic heterocycles. The quantitative estimate of drug-likeness (QED) is 0.814. The van der Waals surface area contributed by atoms with Crippen molar-refractivity contribution in [3.63, 3.8) is 0 Å². The summed E-state index contributed by atoms with van der Waals surface area (Å²) in [5, 5.41) is 0.950. The minimum absolute atomic E-state index is 0.257. The van der Waals surface area contributed by atoms with Gasteiger partial charge in [0.05, 0.1) is 7.11 Å². The van der Waals surface area contributed by atoms with Gasteiger partial charge in [0.15, 0.2) is 0 Å². The average Bonchev–Trinajstić information content (AvgIpc) is 2.77. The lowest BCUT2D eigenvalue weighted by molar-refractivity contribution is 0.286. The van der Waals surface area contributed by atoms with Gasteiger partial charge in [0.2, 0.25) is 0 Å². The van der Waals surface area contributed by atoms with Crippen molar-refractivity contribution in [1.82, 2.24) is 9.47 Å². The molecule has 0 amide bonds. The van der Waals surface area contributed by atoms with E-state index >= 15 is 0 Å². The Labute approximate surface area is 111 Å². The summed E-state index contributed by atoms with van der Waals surface area (Å²) in [7, 11) is 1.59. The van der Waals surface area contributed by atoms with Crippen LogP contribution in [0, 0.1) is 0 Å². The van der Waals surface area contributed by atoms with E-state index in [1.165, 1.54) is 0 Å². The highest BCUT2D eigenvalue weighted by Gasteiger charge is 2.08. The molecule has 0 saturated heterocycles. The first kappa shape index (κ1) is 6.45. The fraction of sp³-hybridized carbons (Fsp3) is 0.429. The number of methoxy groups -OCH3 is 1. The third-order valence-electron chi connectivity index (χ3n) is 2.88. The predicted octanol–water partition coefficient (Wildman–Crippen LogP) is 2.60. The largest absolute Gasteiger partial charge is 0.497 e. The SMILES string of the molecule is [2H]C([2H])([2H])N([C@H](C)Cn1ccc2cc(OC)ccc21)C([2H])([2H])[2H]. The highest BCUT2D eigenvalue weighted by Crippen LogP contribution is 2.22. The van der Waals surface area contributed by atoms with Crippen molar-refractivity contribution in [2.45, 2.75) is 19.5 Å². The molecule has 1 aromatic heterocycles. The molecule has 92 valence electrons. The van der Waals surface area contributed by atoms with E-state index in [-0.39, 0.29) is 6.54 Å². The number of hydrogen-bond donors (Lipinski definition) is 0. The maximum Gasteiger partial charge on any atom is 0.119 e. The standard InChI is InChI=1S/C14H20N2O/c1-11(15(2)3)10-16-8-7-12-9-13(17-4)5-6-14(12)16/h5-9,11H,10H2,1-4H3/t11-/m1/s1/i2D3,3D3. The minimum atomic E-state index is -2.68. The number of hydrogen-bond acceptors (Lipinski definition) is 2. The lowest BCUT2D eigenvalue weighted by atomic mass is 10.2. The van der Waals surface area contributed by atoms with Gasteiger partial charge < -0.3 is 14.2 Å². The van der Waals surface area contributed by atoms with E-state index in [2.05, 4.69) is 0 Å². The lowest BCUT2D eigenvalue weighted by Crippen LogP contribution is -2.28. The topological polar surface area (TPSA) is 17.4 Å². The van der Waals surface area contributed by atoms with Gasteiger partial charge in [0.1, 0.15) is 5.75 Å². The second-order valence-electron chi connectivity index (χ2n) is 4.11. The van der Waals surface area contributed by atoms with Gasteiger partial charge in [-0.25, -0.2) is 0 Å². The van der Waals surface area contributed by atoms with E-state index in [9.17, 15) is 0 Å². The summed E-state index contributed by atoms with van der Waals surface area (Å²) in [4.78, 5) is 0.607. The van der Waals surface area contributed by atoms with Crippen LogP contribution in [0.5, 0.6) is 5.75 Å². The van der Waals surface area contributed by atoms with Crippen LogP contribution in [-0.4, -0.2) is 36.6 Å².